The van der Waals surface area contributed by atoms with Crippen molar-refractivity contribution in [3.8, 4) is 17.2 Å². The Morgan fingerprint density at radius 2 is 1.52 bits per heavy atom. The number of rotatable bonds is 7. The van der Waals surface area contributed by atoms with Gasteiger partial charge < -0.3 is 29.3 Å². The summed E-state index contributed by atoms with van der Waals surface area (Å²) in [5.74, 6) is 0.355. The van der Waals surface area contributed by atoms with E-state index in [-0.39, 0.29) is 22.8 Å². The first kappa shape index (κ1) is 21.8. The van der Waals surface area contributed by atoms with Crippen molar-refractivity contribution in [2.45, 2.75) is 0 Å². The predicted octanol–water partition coefficient (Wildman–Crippen LogP) is 4.96. The first-order chi connectivity index (χ1) is 16.0. The van der Waals surface area contributed by atoms with E-state index in [1.807, 2.05) is 0 Å². The van der Waals surface area contributed by atoms with Crippen molar-refractivity contribution < 1.29 is 28.2 Å². The minimum absolute atomic E-state index is 0.0257. The summed E-state index contributed by atoms with van der Waals surface area (Å²) >= 11 is 0. The van der Waals surface area contributed by atoms with E-state index in [9.17, 15) is 9.59 Å². The molecule has 1 heterocycles. The van der Waals surface area contributed by atoms with E-state index >= 15 is 0 Å². The number of furan rings is 1. The Kier molecular flexibility index (Phi) is 6.17. The second-order valence-corrected chi connectivity index (χ2v) is 6.98. The highest BCUT2D eigenvalue weighted by molar-refractivity contribution is 6.17. The van der Waals surface area contributed by atoms with Gasteiger partial charge in [0.1, 0.15) is 17.0 Å². The van der Waals surface area contributed by atoms with Crippen LogP contribution < -0.4 is 24.8 Å². The van der Waals surface area contributed by atoms with Crippen LogP contribution in [0.3, 0.4) is 0 Å². The van der Waals surface area contributed by atoms with Gasteiger partial charge >= 0.3 is 0 Å². The second-order valence-electron chi connectivity index (χ2n) is 6.98. The lowest BCUT2D eigenvalue weighted by molar-refractivity contribution is 0.0999. The summed E-state index contributed by atoms with van der Waals surface area (Å²) in [5.41, 5.74) is 1.52. The Hall–Kier alpha value is -4.46. The fraction of sp³-hybridized carbons (Fsp3) is 0.120. The third kappa shape index (κ3) is 4.31. The van der Waals surface area contributed by atoms with Crippen LogP contribution in [0.15, 0.2) is 71.1 Å². The van der Waals surface area contributed by atoms with Gasteiger partial charge in [0.25, 0.3) is 11.8 Å². The zero-order valence-corrected chi connectivity index (χ0v) is 18.3. The maximum absolute atomic E-state index is 13.2. The van der Waals surface area contributed by atoms with Gasteiger partial charge in [-0.3, -0.25) is 9.59 Å². The minimum Gasteiger partial charge on any atom is -0.497 e. The van der Waals surface area contributed by atoms with E-state index in [0.717, 1.165) is 0 Å². The number of amides is 2. The quantitative estimate of drug-likeness (QED) is 0.416. The smallest absolute Gasteiger partial charge is 0.293 e. The fourth-order valence-corrected chi connectivity index (χ4v) is 3.44. The first-order valence-electron chi connectivity index (χ1n) is 10.0. The average Bonchev–Trinajstić information content (AvgIpc) is 3.22. The number of hydrogen-bond acceptors (Lipinski definition) is 6. The Bertz CT molecular complexity index is 1310. The number of para-hydroxylation sites is 2. The number of carbonyl (C=O) groups excluding carboxylic acids is 2. The van der Waals surface area contributed by atoms with Crippen LogP contribution in [-0.4, -0.2) is 33.1 Å². The lowest BCUT2D eigenvalue weighted by atomic mass is 10.1. The molecule has 0 spiro atoms. The molecule has 1 aromatic heterocycles. The number of carbonyl (C=O) groups is 2. The molecule has 33 heavy (non-hydrogen) atoms. The van der Waals surface area contributed by atoms with Gasteiger partial charge in [0.15, 0.2) is 11.5 Å². The molecule has 0 aliphatic heterocycles. The van der Waals surface area contributed by atoms with E-state index in [1.165, 1.54) is 14.2 Å². The van der Waals surface area contributed by atoms with Gasteiger partial charge in [0, 0.05) is 11.1 Å². The summed E-state index contributed by atoms with van der Waals surface area (Å²) in [7, 11) is 4.51. The molecule has 0 aliphatic rings. The van der Waals surface area contributed by atoms with Crippen LogP contribution in [0.25, 0.3) is 11.0 Å². The van der Waals surface area contributed by atoms with Gasteiger partial charge in [0.2, 0.25) is 5.76 Å². The zero-order valence-electron chi connectivity index (χ0n) is 18.3. The summed E-state index contributed by atoms with van der Waals surface area (Å²) < 4.78 is 21.6. The highest BCUT2D eigenvalue weighted by atomic mass is 16.5. The summed E-state index contributed by atoms with van der Waals surface area (Å²) in [6.45, 7) is 0. The normalized spacial score (nSPS) is 10.5. The summed E-state index contributed by atoms with van der Waals surface area (Å²) in [6, 6.07) is 18.9. The second kappa shape index (κ2) is 9.35. The molecule has 2 amide bonds. The van der Waals surface area contributed by atoms with Gasteiger partial charge in [-0.15, -0.1) is 0 Å². The molecular weight excluding hydrogens is 424 g/mol. The van der Waals surface area contributed by atoms with E-state index in [1.54, 1.807) is 73.8 Å². The number of methoxy groups -OCH3 is 3. The third-order valence-electron chi connectivity index (χ3n) is 5.04. The average molecular weight is 446 g/mol. The van der Waals surface area contributed by atoms with E-state index in [2.05, 4.69) is 10.6 Å². The topological polar surface area (TPSA) is 99.0 Å². The molecule has 4 aromatic rings. The maximum Gasteiger partial charge on any atom is 0.293 e. The van der Waals surface area contributed by atoms with Crippen molar-refractivity contribution in [1.29, 1.82) is 0 Å². The van der Waals surface area contributed by atoms with Crippen LogP contribution in [-0.2, 0) is 0 Å². The number of anilines is 2. The SMILES string of the molecule is COc1ccc(NC(=O)c2oc3ccccc3c2NC(=O)c2cccc(OC)c2OC)cc1. The van der Waals surface area contributed by atoms with Crippen molar-refractivity contribution in [2.24, 2.45) is 0 Å². The van der Waals surface area contributed by atoms with E-state index in [0.29, 0.717) is 28.2 Å². The lowest BCUT2D eigenvalue weighted by Gasteiger charge is -2.13. The molecule has 0 unspecified atom stereocenters. The third-order valence-corrected chi connectivity index (χ3v) is 5.04. The standard InChI is InChI=1S/C25H22N2O6/c1-30-16-13-11-15(12-14-16)26-25(29)23-21(17-7-4-5-9-19(17)33-23)27-24(28)18-8-6-10-20(31-2)22(18)32-3/h4-14H,1-3H3,(H,26,29)(H,27,28). The van der Waals surface area contributed by atoms with Crippen LogP contribution >= 0.6 is 0 Å². The molecule has 8 nitrogen and oxygen atoms in total. The molecule has 0 saturated carbocycles. The van der Waals surface area contributed by atoms with Crippen molar-refractivity contribution in [3.05, 3.63) is 78.1 Å². The number of fused-ring (bicyclic) bond motifs is 1. The number of nitrogens with one attached hydrogen (secondary N) is 2. The Morgan fingerprint density at radius 1 is 0.758 bits per heavy atom. The van der Waals surface area contributed by atoms with Gasteiger partial charge in [-0.05, 0) is 48.5 Å². The highest BCUT2D eigenvalue weighted by Gasteiger charge is 2.24. The van der Waals surface area contributed by atoms with Gasteiger partial charge in [0.05, 0.1) is 26.9 Å². The molecule has 0 radical (unpaired) electrons. The molecular formula is C25H22N2O6. The van der Waals surface area contributed by atoms with Crippen LogP contribution in [0.4, 0.5) is 11.4 Å². The molecule has 0 atom stereocenters. The van der Waals surface area contributed by atoms with Crippen LogP contribution in [0.1, 0.15) is 20.9 Å². The minimum atomic E-state index is -0.510. The Balaban J connectivity index is 1.69. The van der Waals surface area contributed by atoms with Gasteiger partial charge in [-0.25, -0.2) is 0 Å². The van der Waals surface area contributed by atoms with Crippen LogP contribution in [0, 0.1) is 0 Å². The van der Waals surface area contributed by atoms with Crippen molar-refractivity contribution in [2.75, 3.05) is 32.0 Å². The molecule has 168 valence electrons. The predicted molar refractivity (Wildman–Crippen MR) is 125 cm³/mol. The van der Waals surface area contributed by atoms with Crippen molar-refractivity contribution >= 4 is 34.2 Å². The molecule has 0 saturated heterocycles. The van der Waals surface area contributed by atoms with Crippen molar-refractivity contribution in [1.82, 2.24) is 0 Å². The summed E-state index contributed by atoms with van der Waals surface area (Å²) in [4.78, 5) is 26.2. The largest absolute Gasteiger partial charge is 0.497 e. The van der Waals surface area contributed by atoms with Crippen LogP contribution in [0.2, 0.25) is 0 Å². The van der Waals surface area contributed by atoms with Gasteiger partial charge in [-0.1, -0.05) is 18.2 Å². The Labute approximate surface area is 190 Å². The molecule has 0 bridgehead atoms. The monoisotopic (exact) mass is 446 g/mol. The van der Waals surface area contributed by atoms with Crippen LogP contribution in [0.5, 0.6) is 17.2 Å². The molecule has 0 aliphatic carbocycles. The fourth-order valence-electron chi connectivity index (χ4n) is 3.44. The highest BCUT2D eigenvalue weighted by Crippen LogP contribution is 2.35. The van der Waals surface area contributed by atoms with E-state index in [4.69, 9.17) is 18.6 Å². The van der Waals surface area contributed by atoms with Crippen molar-refractivity contribution in [3.63, 3.8) is 0 Å². The summed E-state index contributed by atoms with van der Waals surface area (Å²) in [6.07, 6.45) is 0. The number of benzene rings is 3. The molecule has 3 aromatic carbocycles. The first-order valence-corrected chi connectivity index (χ1v) is 10.0. The van der Waals surface area contributed by atoms with E-state index < -0.39 is 11.8 Å². The van der Waals surface area contributed by atoms with Gasteiger partial charge in [-0.2, -0.15) is 0 Å². The molecule has 8 heteroatoms. The molecule has 0 fully saturated rings. The zero-order chi connectivity index (χ0) is 23.4. The number of hydrogen-bond donors (Lipinski definition) is 2. The number of ether oxygens (including phenoxy) is 3. The summed E-state index contributed by atoms with van der Waals surface area (Å²) in [5, 5.41) is 6.18. The molecule has 2 N–H and O–H groups in total. The Morgan fingerprint density at radius 3 is 2.21 bits per heavy atom. The molecule has 4 rings (SSSR count). The lowest BCUT2D eigenvalue weighted by Crippen LogP contribution is -2.18. The maximum atomic E-state index is 13.2.